The van der Waals surface area contributed by atoms with Gasteiger partial charge in [-0.25, -0.2) is 9.29 Å². The number of hydrogen-bond donors (Lipinski definition) is 1. The molecule has 3 aromatic rings. The molecule has 0 unspecified atom stereocenters. The first-order valence-corrected chi connectivity index (χ1v) is 10.4. The van der Waals surface area contributed by atoms with Crippen LogP contribution in [0.2, 0.25) is 5.02 Å². The summed E-state index contributed by atoms with van der Waals surface area (Å²) in [6.45, 7) is 0. The van der Waals surface area contributed by atoms with Crippen LogP contribution in [0.25, 0.3) is 0 Å². The van der Waals surface area contributed by atoms with Crippen molar-refractivity contribution in [1.29, 1.82) is 0 Å². The fourth-order valence-electron chi connectivity index (χ4n) is 3.00. The minimum absolute atomic E-state index is 0.00543. The standard InChI is InChI=1S/C23H16ClFN2O3S/c1-30-16-10-8-15(9-11-16)27-22(28)20(26-19-5-3-2-4-18(19)25)21(23(27)29)31-17-12-6-14(24)7-13-17/h2-13,26H,1H3. The predicted molar refractivity (Wildman–Crippen MR) is 120 cm³/mol. The summed E-state index contributed by atoms with van der Waals surface area (Å²) in [5.41, 5.74) is 0.491. The molecule has 0 saturated heterocycles. The van der Waals surface area contributed by atoms with E-state index in [0.717, 1.165) is 16.7 Å². The molecule has 0 atom stereocenters. The molecular weight excluding hydrogens is 439 g/mol. The van der Waals surface area contributed by atoms with Crippen LogP contribution in [0.1, 0.15) is 0 Å². The Hall–Kier alpha value is -3.29. The molecule has 0 radical (unpaired) electrons. The van der Waals surface area contributed by atoms with E-state index in [0.29, 0.717) is 21.4 Å². The first kappa shape index (κ1) is 21.0. The third-order valence-corrected chi connectivity index (χ3v) is 5.88. The second-order valence-corrected chi connectivity index (χ2v) is 8.03. The molecule has 1 heterocycles. The predicted octanol–water partition coefficient (Wildman–Crippen LogP) is 5.48. The zero-order valence-corrected chi connectivity index (χ0v) is 17.8. The number of para-hydroxylation sites is 1. The Bertz CT molecular complexity index is 1180. The molecule has 1 aliphatic rings. The molecule has 1 N–H and O–H groups in total. The molecule has 156 valence electrons. The number of amides is 2. The zero-order chi connectivity index (χ0) is 22.0. The van der Waals surface area contributed by atoms with Crippen molar-refractivity contribution < 1.29 is 18.7 Å². The molecule has 0 bridgehead atoms. The highest BCUT2D eigenvalue weighted by Crippen LogP contribution is 2.38. The van der Waals surface area contributed by atoms with Gasteiger partial charge in [-0.05, 0) is 60.7 Å². The second-order valence-electron chi connectivity index (χ2n) is 6.51. The molecule has 8 heteroatoms. The second kappa shape index (κ2) is 8.83. The maximum absolute atomic E-state index is 14.2. The Morgan fingerprint density at radius 2 is 1.61 bits per heavy atom. The SMILES string of the molecule is COc1ccc(N2C(=O)C(Nc3ccccc3F)=C(Sc3ccc(Cl)cc3)C2=O)cc1. The number of carbonyl (C=O) groups is 2. The van der Waals surface area contributed by atoms with Crippen molar-refractivity contribution in [2.75, 3.05) is 17.3 Å². The smallest absolute Gasteiger partial charge is 0.283 e. The van der Waals surface area contributed by atoms with Crippen LogP contribution in [0.15, 0.2) is 88.3 Å². The number of benzene rings is 3. The summed E-state index contributed by atoms with van der Waals surface area (Å²) in [4.78, 5) is 28.4. The summed E-state index contributed by atoms with van der Waals surface area (Å²) in [6, 6.07) is 19.4. The molecule has 0 aliphatic carbocycles. The van der Waals surface area contributed by atoms with E-state index in [2.05, 4.69) is 5.32 Å². The molecule has 5 nitrogen and oxygen atoms in total. The number of ether oxygens (including phenoxy) is 1. The third-order valence-electron chi connectivity index (χ3n) is 4.54. The summed E-state index contributed by atoms with van der Waals surface area (Å²) in [6.07, 6.45) is 0. The van der Waals surface area contributed by atoms with Crippen LogP contribution in [0.3, 0.4) is 0 Å². The van der Waals surface area contributed by atoms with Crippen LogP contribution in [-0.2, 0) is 9.59 Å². The van der Waals surface area contributed by atoms with Crippen LogP contribution >= 0.6 is 23.4 Å². The number of carbonyl (C=O) groups excluding carboxylic acids is 2. The number of nitrogens with zero attached hydrogens (tertiary/aromatic N) is 1. The van der Waals surface area contributed by atoms with Gasteiger partial charge >= 0.3 is 0 Å². The summed E-state index contributed by atoms with van der Waals surface area (Å²) in [5.74, 6) is -1.02. The number of methoxy groups -OCH3 is 1. The molecule has 0 spiro atoms. The molecule has 4 rings (SSSR count). The van der Waals surface area contributed by atoms with Crippen molar-refractivity contribution in [3.05, 3.63) is 94.2 Å². The van der Waals surface area contributed by atoms with Gasteiger partial charge in [0.25, 0.3) is 11.8 Å². The van der Waals surface area contributed by atoms with E-state index in [1.165, 1.54) is 19.2 Å². The van der Waals surface area contributed by atoms with Crippen molar-refractivity contribution in [2.24, 2.45) is 0 Å². The highest BCUT2D eigenvalue weighted by molar-refractivity contribution is 8.04. The number of imide groups is 1. The lowest BCUT2D eigenvalue weighted by Gasteiger charge is -2.15. The van der Waals surface area contributed by atoms with Gasteiger partial charge in [-0.15, -0.1) is 0 Å². The van der Waals surface area contributed by atoms with Crippen molar-refractivity contribution in [1.82, 2.24) is 0 Å². The van der Waals surface area contributed by atoms with Gasteiger partial charge in [0, 0.05) is 9.92 Å². The van der Waals surface area contributed by atoms with Gasteiger partial charge in [0.2, 0.25) is 0 Å². The van der Waals surface area contributed by atoms with Crippen LogP contribution in [0.4, 0.5) is 15.8 Å². The van der Waals surface area contributed by atoms with Gasteiger partial charge in [0.15, 0.2) is 0 Å². The summed E-state index contributed by atoms with van der Waals surface area (Å²) in [7, 11) is 1.53. The average molecular weight is 455 g/mol. The molecular formula is C23H16ClFN2O3S. The number of thioether (sulfide) groups is 1. The van der Waals surface area contributed by atoms with E-state index in [-0.39, 0.29) is 16.3 Å². The number of halogens is 2. The molecule has 31 heavy (non-hydrogen) atoms. The molecule has 0 fully saturated rings. The fraction of sp³-hybridized carbons (Fsp3) is 0.0435. The van der Waals surface area contributed by atoms with Gasteiger partial charge in [-0.1, -0.05) is 35.5 Å². The van der Waals surface area contributed by atoms with E-state index in [1.54, 1.807) is 60.7 Å². The van der Waals surface area contributed by atoms with Crippen molar-refractivity contribution in [2.45, 2.75) is 4.90 Å². The van der Waals surface area contributed by atoms with Crippen LogP contribution in [0.5, 0.6) is 5.75 Å². The third kappa shape index (κ3) is 4.28. The maximum atomic E-state index is 14.2. The Morgan fingerprint density at radius 1 is 0.935 bits per heavy atom. The van der Waals surface area contributed by atoms with E-state index in [4.69, 9.17) is 16.3 Å². The first-order chi connectivity index (χ1) is 15.0. The van der Waals surface area contributed by atoms with Crippen molar-refractivity contribution in [3.63, 3.8) is 0 Å². The van der Waals surface area contributed by atoms with E-state index >= 15 is 0 Å². The first-order valence-electron chi connectivity index (χ1n) is 9.20. The highest BCUT2D eigenvalue weighted by Gasteiger charge is 2.40. The Kier molecular flexibility index (Phi) is 5.97. The Labute approximate surface area is 187 Å². The van der Waals surface area contributed by atoms with Crippen LogP contribution in [-0.4, -0.2) is 18.9 Å². The Morgan fingerprint density at radius 3 is 2.26 bits per heavy atom. The van der Waals surface area contributed by atoms with E-state index in [9.17, 15) is 14.0 Å². The number of nitrogens with one attached hydrogen (secondary N) is 1. The van der Waals surface area contributed by atoms with Gasteiger partial charge < -0.3 is 10.1 Å². The number of rotatable bonds is 6. The van der Waals surface area contributed by atoms with Crippen molar-refractivity contribution in [3.8, 4) is 5.75 Å². The van der Waals surface area contributed by atoms with E-state index < -0.39 is 17.6 Å². The fourth-order valence-corrected chi connectivity index (χ4v) is 4.05. The van der Waals surface area contributed by atoms with Crippen LogP contribution in [0, 0.1) is 5.82 Å². The quantitative estimate of drug-likeness (QED) is 0.500. The summed E-state index contributed by atoms with van der Waals surface area (Å²) >= 11 is 7.06. The lowest BCUT2D eigenvalue weighted by molar-refractivity contribution is -0.120. The molecule has 0 aromatic heterocycles. The zero-order valence-electron chi connectivity index (χ0n) is 16.3. The number of hydrogen-bond acceptors (Lipinski definition) is 5. The average Bonchev–Trinajstić information content (AvgIpc) is 3.01. The summed E-state index contributed by atoms with van der Waals surface area (Å²) in [5, 5.41) is 3.37. The summed E-state index contributed by atoms with van der Waals surface area (Å²) < 4.78 is 19.4. The maximum Gasteiger partial charge on any atom is 0.283 e. The Balaban J connectivity index is 1.74. The topological polar surface area (TPSA) is 58.6 Å². The molecule has 0 saturated carbocycles. The van der Waals surface area contributed by atoms with Crippen molar-refractivity contribution >= 4 is 46.6 Å². The highest BCUT2D eigenvalue weighted by atomic mass is 35.5. The van der Waals surface area contributed by atoms with Gasteiger partial charge in [0.05, 0.1) is 18.5 Å². The number of anilines is 2. The molecule has 1 aliphatic heterocycles. The van der Waals surface area contributed by atoms with E-state index in [1.807, 2.05) is 0 Å². The largest absolute Gasteiger partial charge is 0.497 e. The van der Waals surface area contributed by atoms with Crippen LogP contribution < -0.4 is 15.0 Å². The normalized spacial score (nSPS) is 13.7. The molecule has 3 aromatic carbocycles. The van der Waals surface area contributed by atoms with Gasteiger partial charge in [0.1, 0.15) is 22.2 Å². The lowest BCUT2D eigenvalue weighted by Crippen LogP contribution is -2.32. The molecule has 2 amide bonds. The minimum atomic E-state index is -0.574. The van der Waals surface area contributed by atoms with Gasteiger partial charge in [-0.2, -0.15) is 0 Å². The lowest BCUT2D eigenvalue weighted by atomic mass is 10.2. The minimum Gasteiger partial charge on any atom is -0.497 e. The monoisotopic (exact) mass is 454 g/mol. The van der Waals surface area contributed by atoms with Gasteiger partial charge in [-0.3, -0.25) is 9.59 Å².